The van der Waals surface area contributed by atoms with E-state index < -0.39 is 16.1 Å². The topological polar surface area (TPSA) is 3.24 Å². The summed E-state index contributed by atoms with van der Waals surface area (Å²) >= 11 is 0. The molecule has 0 saturated heterocycles. The minimum absolute atomic E-state index is 1.18. The number of fused-ring (bicyclic) bond motifs is 7. The van der Waals surface area contributed by atoms with Crippen LogP contribution in [0.3, 0.4) is 0 Å². The summed E-state index contributed by atoms with van der Waals surface area (Å²) in [5.41, 5.74) is 14.2. The Balaban J connectivity index is 1.11. The van der Waals surface area contributed by atoms with Gasteiger partial charge in [-0.2, -0.15) is 0 Å². The molecule has 0 amide bonds. The molecule has 2 heterocycles. The van der Waals surface area contributed by atoms with E-state index in [1.807, 2.05) is 0 Å². The van der Waals surface area contributed by atoms with Crippen molar-refractivity contribution in [3.8, 4) is 44.5 Å². The van der Waals surface area contributed by atoms with Gasteiger partial charge in [0, 0.05) is 17.1 Å². The monoisotopic (exact) mass is 711 g/mol. The summed E-state index contributed by atoms with van der Waals surface area (Å²) < 4.78 is 0. The molecule has 0 aliphatic carbocycles. The molecule has 0 aromatic heterocycles. The molecule has 0 fully saturated rings. The van der Waals surface area contributed by atoms with Crippen molar-refractivity contribution in [3.63, 3.8) is 0 Å². The van der Waals surface area contributed by atoms with Gasteiger partial charge in [0.25, 0.3) is 0 Å². The first-order valence-corrected chi connectivity index (χ1v) is 24.8. The lowest BCUT2D eigenvalue weighted by Gasteiger charge is -2.29. The van der Waals surface area contributed by atoms with Crippen LogP contribution in [0.1, 0.15) is 0 Å². The third-order valence-corrected chi connectivity index (χ3v) is 19.1. The van der Waals surface area contributed by atoms with Gasteiger partial charge in [-0.1, -0.05) is 160 Å². The molecule has 2 aliphatic heterocycles. The zero-order valence-electron chi connectivity index (χ0n) is 30.7. The van der Waals surface area contributed by atoms with E-state index in [1.165, 1.54) is 93.1 Å². The third-order valence-electron chi connectivity index (χ3n) is 12.0. The smallest absolute Gasteiger partial charge is 0.113 e. The maximum atomic E-state index is 2.53. The van der Waals surface area contributed by atoms with Gasteiger partial charge < -0.3 is 4.90 Å². The molecule has 254 valence electrons. The molecule has 0 N–H and O–H groups in total. The highest BCUT2D eigenvalue weighted by molar-refractivity contribution is 7.04. The molecule has 0 atom stereocenters. The number of rotatable bonds is 5. The molecule has 0 unspecified atom stereocenters. The zero-order chi connectivity index (χ0) is 35.9. The lowest BCUT2D eigenvalue weighted by Crippen LogP contribution is -2.49. The molecule has 0 saturated carbocycles. The summed E-state index contributed by atoms with van der Waals surface area (Å²) in [5.74, 6) is 0. The van der Waals surface area contributed by atoms with Gasteiger partial charge in [-0.25, -0.2) is 0 Å². The average Bonchev–Trinajstić information content (AvgIpc) is 3.57. The van der Waals surface area contributed by atoms with Crippen molar-refractivity contribution in [3.05, 3.63) is 176 Å². The van der Waals surface area contributed by atoms with E-state index in [2.05, 4.69) is 207 Å². The second-order valence-corrected chi connectivity index (χ2v) is 24.5. The number of nitrogens with zero attached hydrogens (tertiary/aromatic N) is 1. The predicted octanol–water partition coefficient (Wildman–Crippen LogP) is 11.2. The largest absolute Gasteiger partial charge is 0.310 e. The van der Waals surface area contributed by atoms with E-state index in [4.69, 9.17) is 0 Å². The molecule has 53 heavy (non-hydrogen) atoms. The van der Waals surface area contributed by atoms with Crippen molar-refractivity contribution in [1.82, 2.24) is 0 Å². The van der Waals surface area contributed by atoms with Crippen LogP contribution in [0.4, 0.5) is 17.1 Å². The van der Waals surface area contributed by atoms with Crippen molar-refractivity contribution in [2.45, 2.75) is 26.2 Å². The summed E-state index contributed by atoms with van der Waals surface area (Å²) in [6.45, 7) is 10.1. The van der Waals surface area contributed by atoms with E-state index in [0.717, 1.165) is 0 Å². The Morgan fingerprint density at radius 3 is 1.53 bits per heavy atom. The number of anilines is 3. The Bertz CT molecular complexity index is 2740. The van der Waals surface area contributed by atoms with Gasteiger partial charge in [0.05, 0.1) is 0 Å². The highest BCUT2D eigenvalue weighted by atomic mass is 28.3. The molecule has 8 aromatic carbocycles. The van der Waals surface area contributed by atoms with Crippen LogP contribution >= 0.6 is 0 Å². The van der Waals surface area contributed by atoms with Crippen LogP contribution < -0.4 is 25.6 Å². The summed E-state index contributed by atoms with van der Waals surface area (Å²) in [4.78, 5) is 2.51. The van der Waals surface area contributed by atoms with Crippen LogP contribution in [-0.2, 0) is 0 Å². The molecule has 1 nitrogen and oxygen atoms in total. The summed E-state index contributed by atoms with van der Waals surface area (Å²) in [7, 11) is -3.92. The van der Waals surface area contributed by atoms with Gasteiger partial charge in [-0.15, -0.1) is 0 Å². The van der Waals surface area contributed by atoms with E-state index >= 15 is 0 Å². The summed E-state index contributed by atoms with van der Waals surface area (Å²) in [5, 5.41) is 8.66. The quantitative estimate of drug-likeness (QED) is 0.161. The van der Waals surface area contributed by atoms with Gasteiger partial charge in [0.15, 0.2) is 0 Å². The Kier molecular flexibility index (Phi) is 7.17. The lowest BCUT2D eigenvalue weighted by atomic mass is 9.98. The number of benzene rings is 8. The van der Waals surface area contributed by atoms with E-state index in [1.54, 1.807) is 0 Å². The van der Waals surface area contributed by atoms with Gasteiger partial charge in [0.1, 0.15) is 16.1 Å². The molecular weight excluding hydrogens is 671 g/mol. The predicted molar refractivity (Wildman–Crippen MR) is 234 cm³/mol. The van der Waals surface area contributed by atoms with Crippen molar-refractivity contribution in [2.75, 3.05) is 4.90 Å². The molecular formula is C50H41NSi2. The molecule has 0 bridgehead atoms. The van der Waals surface area contributed by atoms with E-state index in [9.17, 15) is 0 Å². The minimum atomic E-state index is -2.04. The van der Waals surface area contributed by atoms with Crippen LogP contribution in [0.2, 0.25) is 26.2 Å². The molecule has 2 aliphatic rings. The second-order valence-electron chi connectivity index (χ2n) is 15.8. The minimum Gasteiger partial charge on any atom is -0.310 e. The highest BCUT2D eigenvalue weighted by Gasteiger charge is 2.39. The Labute approximate surface area is 314 Å². The maximum Gasteiger partial charge on any atom is 0.113 e. The molecule has 10 rings (SSSR count). The summed E-state index contributed by atoms with van der Waals surface area (Å²) in [6.07, 6.45) is 0. The van der Waals surface area contributed by atoms with Crippen LogP contribution in [0, 0.1) is 0 Å². The fraction of sp³-hybridized carbons (Fsp3) is 0.0800. The van der Waals surface area contributed by atoms with Crippen molar-refractivity contribution in [2.24, 2.45) is 0 Å². The van der Waals surface area contributed by atoms with Crippen LogP contribution in [0.25, 0.3) is 55.3 Å². The lowest BCUT2D eigenvalue weighted by molar-refractivity contribution is 1.29. The zero-order valence-corrected chi connectivity index (χ0v) is 32.7. The van der Waals surface area contributed by atoms with E-state index in [0.29, 0.717) is 0 Å². The molecule has 3 heteroatoms. The first-order valence-electron chi connectivity index (χ1n) is 18.8. The summed E-state index contributed by atoms with van der Waals surface area (Å²) in [6, 6.07) is 66.2. The van der Waals surface area contributed by atoms with Gasteiger partial charge in [-0.3, -0.25) is 0 Å². The van der Waals surface area contributed by atoms with E-state index in [-0.39, 0.29) is 0 Å². The third kappa shape index (κ3) is 5.03. The molecule has 0 radical (unpaired) electrons. The van der Waals surface area contributed by atoms with Crippen molar-refractivity contribution >= 4 is 64.7 Å². The highest BCUT2D eigenvalue weighted by Crippen LogP contribution is 2.41. The SMILES string of the molecule is C[Si]1(C)c2ccccc2-c2ccc(N(c3cccc(-c4ccccc4)c3)c3ccc4c(c3)[Si](C)(C)c3cc(-c5ccc6ccccc6c5)ccc3-4)cc21. The average molecular weight is 712 g/mol. The fourth-order valence-electron chi connectivity index (χ4n) is 9.15. The maximum absolute atomic E-state index is 2.53. The van der Waals surface area contributed by atoms with Crippen LogP contribution in [-0.4, -0.2) is 16.1 Å². The molecule has 0 spiro atoms. The Morgan fingerprint density at radius 1 is 0.302 bits per heavy atom. The second kappa shape index (κ2) is 11.9. The van der Waals surface area contributed by atoms with Crippen molar-refractivity contribution < 1.29 is 0 Å². The Hall–Kier alpha value is -5.75. The standard InChI is InChI=1S/C50H41NSi2/c1-52(2)47-20-11-10-19-43(47)45-27-24-41(32-49(45)52)51(40-18-12-17-37(30-40)34-13-6-5-7-14-34)42-25-28-46-44-26-23-39(31-48(44)53(3,4)50(46)33-42)38-22-21-35-15-8-9-16-36(35)29-38/h5-33H,1-4H3. The van der Waals surface area contributed by atoms with Gasteiger partial charge >= 0.3 is 0 Å². The number of hydrogen-bond donors (Lipinski definition) is 0. The normalized spacial score (nSPS) is 14.3. The first kappa shape index (κ1) is 31.9. The fourth-order valence-corrected chi connectivity index (χ4v) is 15.3. The van der Waals surface area contributed by atoms with Gasteiger partial charge in [0.2, 0.25) is 0 Å². The Morgan fingerprint density at radius 2 is 0.792 bits per heavy atom. The van der Waals surface area contributed by atoms with Gasteiger partial charge in [-0.05, 0) is 118 Å². The van der Waals surface area contributed by atoms with Crippen LogP contribution in [0.5, 0.6) is 0 Å². The number of hydrogen-bond acceptors (Lipinski definition) is 1. The van der Waals surface area contributed by atoms with Crippen LogP contribution in [0.15, 0.2) is 176 Å². The first-order chi connectivity index (χ1) is 25.8. The molecule has 8 aromatic rings. The van der Waals surface area contributed by atoms with Crippen molar-refractivity contribution in [1.29, 1.82) is 0 Å².